The highest BCUT2D eigenvalue weighted by Crippen LogP contribution is 2.29. The van der Waals surface area contributed by atoms with Crippen LogP contribution in [0.3, 0.4) is 0 Å². The molecule has 1 aromatic carbocycles. The maximum absolute atomic E-state index is 4.72. The first-order chi connectivity index (χ1) is 8.72. The number of para-hydroxylation sites is 1. The van der Waals surface area contributed by atoms with Crippen molar-refractivity contribution in [3.8, 4) is 0 Å². The molecule has 1 saturated heterocycles. The molecule has 1 aliphatic heterocycles. The minimum absolute atomic E-state index is 0.585. The van der Waals surface area contributed by atoms with Crippen LogP contribution in [0.15, 0.2) is 18.2 Å². The number of thiazole rings is 1. The van der Waals surface area contributed by atoms with Gasteiger partial charge in [-0.05, 0) is 51.5 Å². The zero-order valence-electron chi connectivity index (χ0n) is 10.9. The van der Waals surface area contributed by atoms with E-state index in [4.69, 9.17) is 4.98 Å². The van der Waals surface area contributed by atoms with E-state index in [1.54, 1.807) is 11.3 Å². The molecule has 96 valence electrons. The molecular formula is C14H19N3S. The largest absolute Gasteiger partial charge is 0.359 e. The molecule has 0 spiro atoms. The van der Waals surface area contributed by atoms with Crippen LogP contribution in [0.4, 0.5) is 5.13 Å². The molecule has 0 amide bonds. The lowest BCUT2D eigenvalue weighted by Crippen LogP contribution is -2.36. The number of anilines is 1. The molecule has 18 heavy (non-hydrogen) atoms. The van der Waals surface area contributed by atoms with Crippen LogP contribution in [0.1, 0.15) is 18.4 Å². The molecule has 1 aliphatic rings. The van der Waals surface area contributed by atoms with Gasteiger partial charge in [0.25, 0.3) is 0 Å². The molecule has 0 radical (unpaired) electrons. The predicted octanol–water partition coefficient (Wildman–Crippen LogP) is 3.11. The first-order valence-electron chi connectivity index (χ1n) is 6.53. The number of hydrogen-bond donors (Lipinski definition) is 1. The van der Waals surface area contributed by atoms with Crippen LogP contribution >= 0.6 is 11.3 Å². The van der Waals surface area contributed by atoms with Crippen molar-refractivity contribution in [2.45, 2.75) is 25.8 Å². The van der Waals surface area contributed by atoms with Crippen molar-refractivity contribution in [3.05, 3.63) is 23.8 Å². The second kappa shape index (κ2) is 4.86. The van der Waals surface area contributed by atoms with Gasteiger partial charge in [-0.15, -0.1) is 0 Å². The molecule has 3 rings (SSSR count). The second-order valence-corrected chi connectivity index (χ2v) is 6.19. The Morgan fingerprint density at radius 2 is 2.11 bits per heavy atom. The van der Waals surface area contributed by atoms with Crippen LogP contribution in [-0.4, -0.2) is 36.1 Å². The Hall–Kier alpha value is -1.13. The molecular weight excluding hydrogens is 242 g/mol. The van der Waals surface area contributed by atoms with Crippen LogP contribution < -0.4 is 5.32 Å². The number of aromatic nitrogens is 1. The highest BCUT2D eigenvalue weighted by molar-refractivity contribution is 7.22. The third-order valence-electron chi connectivity index (χ3n) is 3.67. The monoisotopic (exact) mass is 261 g/mol. The SMILES string of the molecule is Cc1cccc2sc(NC3CCN(C)CC3)nc12. The van der Waals surface area contributed by atoms with E-state index in [1.807, 2.05) is 0 Å². The van der Waals surface area contributed by atoms with Gasteiger partial charge in [0.05, 0.1) is 10.2 Å². The first kappa shape index (κ1) is 11.9. The maximum atomic E-state index is 4.72. The molecule has 0 aliphatic carbocycles. The van der Waals surface area contributed by atoms with Crippen molar-refractivity contribution in [3.63, 3.8) is 0 Å². The van der Waals surface area contributed by atoms with Gasteiger partial charge < -0.3 is 10.2 Å². The minimum atomic E-state index is 0.585. The fraction of sp³-hybridized carbons (Fsp3) is 0.500. The van der Waals surface area contributed by atoms with Crippen LogP contribution in [0.5, 0.6) is 0 Å². The standard InChI is InChI=1S/C14H19N3S/c1-10-4-3-5-12-13(10)16-14(18-12)15-11-6-8-17(2)9-7-11/h3-5,11H,6-9H2,1-2H3,(H,15,16). The van der Waals surface area contributed by atoms with Gasteiger partial charge in [-0.2, -0.15) is 0 Å². The Kier molecular flexibility index (Phi) is 3.22. The summed E-state index contributed by atoms with van der Waals surface area (Å²) in [5.74, 6) is 0. The van der Waals surface area contributed by atoms with Crippen LogP contribution in [0.2, 0.25) is 0 Å². The topological polar surface area (TPSA) is 28.2 Å². The Morgan fingerprint density at radius 1 is 1.33 bits per heavy atom. The Labute approximate surface area is 112 Å². The average Bonchev–Trinajstić information content (AvgIpc) is 2.76. The number of likely N-dealkylation sites (tertiary alicyclic amines) is 1. The van der Waals surface area contributed by atoms with Gasteiger partial charge in [0.15, 0.2) is 5.13 Å². The Morgan fingerprint density at radius 3 is 2.83 bits per heavy atom. The number of nitrogens with one attached hydrogen (secondary N) is 1. The highest BCUT2D eigenvalue weighted by atomic mass is 32.1. The quantitative estimate of drug-likeness (QED) is 0.900. The van der Waals surface area contributed by atoms with Gasteiger partial charge in [-0.3, -0.25) is 0 Å². The van der Waals surface area contributed by atoms with Gasteiger partial charge in [-0.1, -0.05) is 23.5 Å². The molecule has 0 bridgehead atoms. The number of hydrogen-bond acceptors (Lipinski definition) is 4. The van der Waals surface area contributed by atoms with E-state index in [0.29, 0.717) is 6.04 Å². The molecule has 1 fully saturated rings. The van der Waals surface area contributed by atoms with E-state index in [1.165, 1.54) is 36.2 Å². The summed E-state index contributed by atoms with van der Waals surface area (Å²) >= 11 is 1.77. The molecule has 4 heteroatoms. The molecule has 1 N–H and O–H groups in total. The third kappa shape index (κ3) is 2.35. The van der Waals surface area contributed by atoms with Crippen LogP contribution in [0.25, 0.3) is 10.2 Å². The van der Waals surface area contributed by atoms with E-state index in [-0.39, 0.29) is 0 Å². The van der Waals surface area contributed by atoms with E-state index in [2.05, 4.69) is 42.4 Å². The van der Waals surface area contributed by atoms with E-state index < -0.39 is 0 Å². The van der Waals surface area contributed by atoms with Crippen molar-refractivity contribution in [1.82, 2.24) is 9.88 Å². The smallest absolute Gasteiger partial charge is 0.184 e. The van der Waals surface area contributed by atoms with Gasteiger partial charge in [0, 0.05) is 6.04 Å². The fourth-order valence-corrected chi connectivity index (χ4v) is 3.50. The lowest BCUT2D eigenvalue weighted by molar-refractivity contribution is 0.264. The zero-order valence-corrected chi connectivity index (χ0v) is 11.8. The molecule has 1 aromatic heterocycles. The molecule has 3 nitrogen and oxygen atoms in total. The number of fused-ring (bicyclic) bond motifs is 1. The summed E-state index contributed by atoms with van der Waals surface area (Å²) in [4.78, 5) is 7.11. The van der Waals surface area contributed by atoms with E-state index in [0.717, 1.165) is 10.6 Å². The van der Waals surface area contributed by atoms with Crippen molar-refractivity contribution >= 4 is 26.7 Å². The minimum Gasteiger partial charge on any atom is -0.359 e. The Balaban J connectivity index is 1.77. The number of benzene rings is 1. The van der Waals surface area contributed by atoms with Crippen LogP contribution in [-0.2, 0) is 0 Å². The summed E-state index contributed by atoms with van der Waals surface area (Å²) in [6.45, 7) is 4.49. The zero-order chi connectivity index (χ0) is 12.5. The van der Waals surface area contributed by atoms with Gasteiger partial charge in [-0.25, -0.2) is 4.98 Å². The summed E-state index contributed by atoms with van der Waals surface area (Å²) in [5, 5.41) is 4.68. The van der Waals surface area contributed by atoms with E-state index in [9.17, 15) is 0 Å². The average molecular weight is 261 g/mol. The summed E-state index contributed by atoms with van der Waals surface area (Å²) in [6.07, 6.45) is 2.43. The molecule has 2 aromatic rings. The lowest BCUT2D eigenvalue weighted by Gasteiger charge is -2.29. The number of aryl methyl sites for hydroxylation is 1. The highest BCUT2D eigenvalue weighted by Gasteiger charge is 2.17. The van der Waals surface area contributed by atoms with Crippen molar-refractivity contribution in [2.75, 3.05) is 25.5 Å². The summed E-state index contributed by atoms with van der Waals surface area (Å²) in [6, 6.07) is 6.97. The fourth-order valence-electron chi connectivity index (χ4n) is 2.48. The van der Waals surface area contributed by atoms with Crippen molar-refractivity contribution < 1.29 is 0 Å². The lowest BCUT2D eigenvalue weighted by atomic mass is 10.1. The molecule has 2 heterocycles. The second-order valence-electron chi connectivity index (χ2n) is 5.16. The summed E-state index contributed by atoms with van der Waals surface area (Å²) < 4.78 is 1.28. The normalized spacial score (nSPS) is 18.3. The first-order valence-corrected chi connectivity index (χ1v) is 7.35. The number of nitrogens with zero attached hydrogens (tertiary/aromatic N) is 2. The van der Waals surface area contributed by atoms with Crippen molar-refractivity contribution in [1.29, 1.82) is 0 Å². The summed E-state index contributed by atoms with van der Waals surface area (Å²) in [5.41, 5.74) is 2.41. The Bertz CT molecular complexity index is 541. The summed E-state index contributed by atoms with van der Waals surface area (Å²) in [7, 11) is 2.19. The van der Waals surface area contributed by atoms with Crippen molar-refractivity contribution in [2.24, 2.45) is 0 Å². The molecule has 0 saturated carbocycles. The predicted molar refractivity (Wildman–Crippen MR) is 78.5 cm³/mol. The van der Waals surface area contributed by atoms with Crippen LogP contribution in [0, 0.1) is 6.92 Å². The number of rotatable bonds is 2. The molecule has 0 unspecified atom stereocenters. The van der Waals surface area contributed by atoms with E-state index >= 15 is 0 Å². The van der Waals surface area contributed by atoms with Gasteiger partial charge in [0.2, 0.25) is 0 Å². The van der Waals surface area contributed by atoms with Gasteiger partial charge >= 0.3 is 0 Å². The number of piperidine rings is 1. The molecule has 0 atom stereocenters. The van der Waals surface area contributed by atoms with Gasteiger partial charge in [0.1, 0.15) is 0 Å². The maximum Gasteiger partial charge on any atom is 0.184 e. The third-order valence-corrected chi connectivity index (χ3v) is 4.62.